The summed E-state index contributed by atoms with van der Waals surface area (Å²) in [7, 11) is 0. The van der Waals surface area contributed by atoms with Crippen molar-refractivity contribution in [1.29, 1.82) is 0 Å². The van der Waals surface area contributed by atoms with E-state index in [-0.39, 0.29) is 0 Å². The number of hydrogen-bond acceptors (Lipinski definition) is 4. The molecule has 0 spiro atoms. The van der Waals surface area contributed by atoms with Gasteiger partial charge in [-0.25, -0.2) is 15.0 Å². The van der Waals surface area contributed by atoms with Gasteiger partial charge in [0, 0.05) is 42.2 Å². The second-order valence-corrected chi connectivity index (χ2v) is 13.9. The van der Waals surface area contributed by atoms with Crippen LogP contribution >= 0.6 is 11.3 Å². The maximum Gasteiger partial charge on any atom is 0.164 e. The Kier molecular flexibility index (Phi) is 7.00. The molecule has 0 saturated carbocycles. The minimum Gasteiger partial charge on any atom is -0.208 e. The van der Waals surface area contributed by atoms with Gasteiger partial charge in [-0.1, -0.05) is 164 Å². The van der Waals surface area contributed by atoms with Crippen LogP contribution in [0.4, 0.5) is 0 Å². The van der Waals surface area contributed by atoms with Crippen LogP contribution < -0.4 is 0 Å². The second-order valence-electron chi connectivity index (χ2n) is 12.8. The summed E-state index contributed by atoms with van der Waals surface area (Å²) in [6.07, 6.45) is 0. The standard InChI is InChI=1S/C47H29N3S/c1-3-11-30(12-4-1)31-19-21-32(22-20-31)33-23-26-36(27-24-33)46-48-45(35-14-5-2-6-15-35)49-47(50-46)40-29-37-28-25-34-13-7-8-16-38(34)42(37)44-43(40)39-17-9-10-18-41(39)51-44/h1-29H. The highest BCUT2D eigenvalue weighted by Crippen LogP contribution is 2.45. The highest BCUT2D eigenvalue weighted by molar-refractivity contribution is 7.27. The summed E-state index contributed by atoms with van der Waals surface area (Å²) in [4.78, 5) is 15.5. The van der Waals surface area contributed by atoms with E-state index in [1.807, 2.05) is 35.6 Å². The number of nitrogens with zero attached hydrogens (tertiary/aromatic N) is 3. The average Bonchev–Trinajstić information content (AvgIpc) is 3.61. The zero-order valence-corrected chi connectivity index (χ0v) is 28.3. The van der Waals surface area contributed by atoms with Gasteiger partial charge in [0.25, 0.3) is 0 Å². The molecule has 0 atom stereocenters. The topological polar surface area (TPSA) is 38.7 Å². The smallest absolute Gasteiger partial charge is 0.164 e. The summed E-state index contributed by atoms with van der Waals surface area (Å²) in [6, 6.07) is 62.0. The van der Waals surface area contributed by atoms with Gasteiger partial charge in [0.1, 0.15) is 0 Å². The highest BCUT2D eigenvalue weighted by Gasteiger charge is 2.20. The Morgan fingerprint density at radius 3 is 1.47 bits per heavy atom. The van der Waals surface area contributed by atoms with Gasteiger partial charge in [-0.3, -0.25) is 0 Å². The highest BCUT2D eigenvalue weighted by atomic mass is 32.1. The van der Waals surface area contributed by atoms with Crippen LogP contribution in [-0.2, 0) is 0 Å². The molecule has 3 nitrogen and oxygen atoms in total. The molecule has 2 aromatic heterocycles. The molecule has 0 aliphatic heterocycles. The third kappa shape index (κ3) is 5.16. The largest absolute Gasteiger partial charge is 0.208 e. The Morgan fingerprint density at radius 1 is 0.333 bits per heavy atom. The van der Waals surface area contributed by atoms with Crippen LogP contribution in [0.15, 0.2) is 176 Å². The van der Waals surface area contributed by atoms with E-state index in [1.165, 1.54) is 52.8 Å². The normalized spacial score (nSPS) is 11.5. The van der Waals surface area contributed by atoms with E-state index in [0.29, 0.717) is 17.5 Å². The van der Waals surface area contributed by atoms with E-state index in [0.717, 1.165) is 27.8 Å². The quantitative estimate of drug-likeness (QED) is 0.171. The molecule has 4 heteroatoms. The molecular weight excluding hydrogens is 639 g/mol. The van der Waals surface area contributed by atoms with Crippen molar-refractivity contribution >= 4 is 53.1 Å². The van der Waals surface area contributed by atoms with Crippen molar-refractivity contribution in [1.82, 2.24) is 15.0 Å². The molecule has 0 fully saturated rings. The average molecular weight is 668 g/mol. The Labute approximate surface area is 299 Å². The van der Waals surface area contributed by atoms with E-state index >= 15 is 0 Å². The molecule has 0 aliphatic carbocycles. The van der Waals surface area contributed by atoms with Gasteiger partial charge in [0.05, 0.1) is 0 Å². The summed E-state index contributed by atoms with van der Waals surface area (Å²) in [5, 5.41) is 7.35. The van der Waals surface area contributed by atoms with Crippen molar-refractivity contribution in [2.24, 2.45) is 0 Å². The lowest BCUT2D eigenvalue weighted by Crippen LogP contribution is -2.00. The van der Waals surface area contributed by atoms with Gasteiger partial charge < -0.3 is 0 Å². The number of benzene rings is 8. The minimum absolute atomic E-state index is 0.649. The molecule has 10 rings (SSSR count). The van der Waals surface area contributed by atoms with Crippen LogP contribution in [0.3, 0.4) is 0 Å². The van der Waals surface area contributed by atoms with E-state index in [2.05, 4.69) is 152 Å². The molecule has 238 valence electrons. The summed E-state index contributed by atoms with van der Waals surface area (Å²) in [5.41, 5.74) is 7.64. The molecule has 0 saturated heterocycles. The fourth-order valence-electron chi connectivity index (χ4n) is 7.19. The number of rotatable bonds is 5. The zero-order valence-electron chi connectivity index (χ0n) is 27.5. The lowest BCUT2D eigenvalue weighted by atomic mass is 9.96. The van der Waals surface area contributed by atoms with Gasteiger partial charge in [-0.05, 0) is 50.5 Å². The van der Waals surface area contributed by atoms with Gasteiger partial charge in [0.2, 0.25) is 0 Å². The fraction of sp³-hybridized carbons (Fsp3) is 0. The molecule has 10 aromatic rings. The van der Waals surface area contributed by atoms with E-state index in [9.17, 15) is 0 Å². The molecule has 0 amide bonds. The van der Waals surface area contributed by atoms with E-state index in [4.69, 9.17) is 15.0 Å². The van der Waals surface area contributed by atoms with Crippen LogP contribution in [0.25, 0.3) is 98.1 Å². The number of aromatic nitrogens is 3. The maximum atomic E-state index is 5.24. The Balaban J connectivity index is 1.15. The van der Waals surface area contributed by atoms with Gasteiger partial charge in [-0.2, -0.15) is 0 Å². The van der Waals surface area contributed by atoms with Crippen molar-refractivity contribution in [3.05, 3.63) is 176 Å². The number of fused-ring (bicyclic) bond motifs is 7. The molecule has 0 bridgehead atoms. The summed E-state index contributed by atoms with van der Waals surface area (Å²) in [5.74, 6) is 1.97. The predicted molar refractivity (Wildman–Crippen MR) is 215 cm³/mol. The van der Waals surface area contributed by atoms with Crippen LogP contribution in [-0.4, -0.2) is 15.0 Å². The van der Waals surface area contributed by atoms with Crippen LogP contribution in [0.2, 0.25) is 0 Å². The van der Waals surface area contributed by atoms with Crippen molar-refractivity contribution in [2.75, 3.05) is 0 Å². The molecular formula is C47H29N3S. The third-order valence-electron chi connectivity index (χ3n) is 9.73. The first-order valence-corrected chi connectivity index (χ1v) is 17.9. The third-order valence-corrected chi connectivity index (χ3v) is 10.9. The van der Waals surface area contributed by atoms with Gasteiger partial charge in [-0.15, -0.1) is 11.3 Å². The van der Waals surface area contributed by atoms with Crippen LogP contribution in [0, 0.1) is 0 Å². The lowest BCUT2D eigenvalue weighted by molar-refractivity contribution is 1.08. The Bertz CT molecular complexity index is 2880. The molecule has 0 radical (unpaired) electrons. The molecule has 51 heavy (non-hydrogen) atoms. The van der Waals surface area contributed by atoms with E-state index < -0.39 is 0 Å². The second kappa shape index (κ2) is 12.1. The summed E-state index contributed by atoms with van der Waals surface area (Å²) < 4.78 is 2.51. The minimum atomic E-state index is 0.649. The first kappa shape index (κ1) is 29.4. The van der Waals surface area contributed by atoms with Crippen molar-refractivity contribution in [2.45, 2.75) is 0 Å². The summed E-state index contributed by atoms with van der Waals surface area (Å²) in [6.45, 7) is 0. The van der Waals surface area contributed by atoms with Crippen molar-refractivity contribution < 1.29 is 0 Å². The van der Waals surface area contributed by atoms with E-state index in [1.54, 1.807) is 0 Å². The number of thiophene rings is 1. The molecule has 0 unspecified atom stereocenters. The molecule has 2 heterocycles. The molecule has 0 aliphatic rings. The monoisotopic (exact) mass is 667 g/mol. The SMILES string of the molecule is c1ccc(-c2ccc(-c3ccc(-c4nc(-c5ccccc5)nc(-c5cc6ccc7ccccc7c6c6sc7ccccc7c56)n4)cc3)cc2)cc1. The van der Waals surface area contributed by atoms with Crippen LogP contribution in [0.1, 0.15) is 0 Å². The predicted octanol–water partition coefficient (Wildman–Crippen LogP) is 12.9. The lowest BCUT2D eigenvalue weighted by Gasteiger charge is -2.12. The van der Waals surface area contributed by atoms with Crippen LogP contribution in [0.5, 0.6) is 0 Å². The van der Waals surface area contributed by atoms with Gasteiger partial charge in [0.15, 0.2) is 17.5 Å². The maximum absolute atomic E-state index is 5.24. The summed E-state index contributed by atoms with van der Waals surface area (Å²) >= 11 is 1.84. The Morgan fingerprint density at radius 2 is 0.804 bits per heavy atom. The molecule has 0 N–H and O–H groups in total. The first-order valence-electron chi connectivity index (χ1n) is 17.1. The fourth-order valence-corrected chi connectivity index (χ4v) is 8.49. The number of hydrogen-bond donors (Lipinski definition) is 0. The van der Waals surface area contributed by atoms with Crippen molar-refractivity contribution in [3.8, 4) is 56.4 Å². The van der Waals surface area contributed by atoms with Gasteiger partial charge >= 0.3 is 0 Å². The van der Waals surface area contributed by atoms with Crippen molar-refractivity contribution in [3.63, 3.8) is 0 Å². The molecule has 8 aromatic carbocycles. The zero-order chi connectivity index (χ0) is 33.7. The Hall–Kier alpha value is -6.49. The first-order chi connectivity index (χ1) is 25.3.